The van der Waals surface area contributed by atoms with Crippen LogP contribution in [0, 0.1) is 5.82 Å². The van der Waals surface area contributed by atoms with Crippen LogP contribution in [0.1, 0.15) is 26.3 Å². The third kappa shape index (κ3) is 3.69. The first-order valence-electron chi connectivity index (χ1n) is 7.62. The zero-order chi connectivity index (χ0) is 18.0. The molecule has 1 heterocycles. The SMILES string of the molecule is O=C(Cc1cccc(F)c1)NCCN1C(=O)c2ccc(Cl)cc2C1=O. The average Bonchev–Trinajstić information content (AvgIpc) is 2.79. The Balaban J connectivity index is 1.55. The normalized spacial score (nSPS) is 13.1. The maximum Gasteiger partial charge on any atom is 0.261 e. The van der Waals surface area contributed by atoms with Crippen molar-refractivity contribution in [1.29, 1.82) is 0 Å². The number of fused-ring (bicyclic) bond motifs is 1. The molecule has 0 atom stereocenters. The topological polar surface area (TPSA) is 66.5 Å². The first-order valence-corrected chi connectivity index (χ1v) is 8.00. The lowest BCUT2D eigenvalue weighted by Crippen LogP contribution is -2.38. The summed E-state index contributed by atoms with van der Waals surface area (Å²) in [5.41, 5.74) is 1.12. The van der Waals surface area contributed by atoms with Crippen LogP contribution in [0.3, 0.4) is 0 Å². The largest absolute Gasteiger partial charge is 0.354 e. The van der Waals surface area contributed by atoms with Crippen LogP contribution in [0.15, 0.2) is 42.5 Å². The molecule has 0 aromatic heterocycles. The first-order chi connectivity index (χ1) is 12.0. The van der Waals surface area contributed by atoms with Gasteiger partial charge in [-0.3, -0.25) is 19.3 Å². The van der Waals surface area contributed by atoms with Gasteiger partial charge in [-0.2, -0.15) is 0 Å². The van der Waals surface area contributed by atoms with Gasteiger partial charge in [0.15, 0.2) is 0 Å². The number of halogens is 2. The van der Waals surface area contributed by atoms with E-state index >= 15 is 0 Å². The monoisotopic (exact) mass is 360 g/mol. The molecule has 0 saturated carbocycles. The van der Waals surface area contributed by atoms with Gasteiger partial charge in [0, 0.05) is 18.1 Å². The molecule has 0 unspecified atom stereocenters. The molecule has 0 saturated heterocycles. The number of nitrogens with zero attached hydrogens (tertiary/aromatic N) is 1. The van der Waals surface area contributed by atoms with Gasteiger partial charge in [-0.05, 0) is 35.9 Å². The molecule has 1 aliphatic heterocycles. The highest BCUT2D eigenvalue weighted by atomic mass is 35.5. The fourth-order valence-electron chi connectivity index (χ4n) is 2.67. The van der Waals surface area contributed by atoms with Gasteiger partial charge in [0.1, 0.15) is 5.82 Å². The van der Waals surface area contributed by atoms with E-state index in [0.29, 0.717) is 16.1 Å². The molecule has 3 rings (SSSR count). The van der Waals surface area contributed by atoms with Crippen LogP contribution in [0.25, 0.3) is 0 Å². The summed E-state index contributed by atoms with van der Waals surface area (Å²) in [6.07, 6.45) is 0.0233. The van der Waals surface area contributed by atoms with Crippen molar-refractivity contribution in [1.82, 2.24) is 10.2 Å². The number of carbonyl (C=O) groups excluding carboxylic acids is 3. The molecule has 0 bridgehead atoms. The maximum atomic E-state index is 13.1. The van der Waals surface area contributed by atoms with Crippen LogP contribution in [-0.4, -0.2) is 35.7 Å². The van der Waals surface area contributed by atoms with E-state index in [1.54, 1.807) is 12.1 Å². The molecule has 7 heteroatoms. The van der Waals surface area contributed by atoms with Crippen molar-refractivity contribution in [3.63, 3.8) is 0 Å². The van der Waals surface area contributed by atoms with Crippen molar-refractivity contribution < 1.29 is 18.8 Å². The molecule has 25 heavy (non-hydrogen) atoms. The second-order valence-corrected chi connectivity index (χ2v) is 6.04. The molecular formula is C18H14ClFN2O3. The minimum absolute atomic E-state index is 0.0233. The van der Waals surface area contributed by atoms with Gasteiger partial charge in [-0.15, -0.1) is 0 Å². The second-order valence-electron chi connectivity index (χ2n) is 5.61. The summed E-state index contributed by atoms with van der Waals surface area (Å²) < 4.78 is 13.1. The Bertz CT molecular complexity index is 869. The summed E-state index contributed by atoms with van der Waals surface area (Å²) in [7, 11) is 0. The Morgan fingerprint density at radius 3 is 2.60 bits per heavy atom. The molecule has 0 radical (unpaired) electrons. The van der Waals surface area contributed by atoms with E-state index in [1.807, 2.05) is 0 Å². The van der Waals surface area contributed by atoms with Gasteiger partial charge in [0.05, 0.1) is 17.5 Å². The van der Waals surface area contributed by atoms with E-state index in [2.05, 4.69) is 5.32 Å². The third-order valence-electron chi connectivity index (χ3n) is 3.84. The molecule has 2 aromatic rings. The number of imide groups is 1. The van der Waals surface area contributed by atoms with E-state index in [0.717, 1.165) is 4.90 Å². The number of hydrogen-bond acceptors (Lipinski definition) is 3. The lowest BCUT2D eigenvalue weighted by Gasteiger charge is -2.14. The smallest absolute Gasteiger partial charge is 0.261 e. The highest BCUT2D eigenvalue weighted by molar-refractivity contribution is 6.32. The summed E-state index contributed by atoms with van der Waals surface area (Å²) in [5.74, 6) is -1.56. The van der Waals surface area contributed by atoms with Gasteiger partial charge < -0.3 is 5.32 Å². The number of hydrogen-bond donors (Lipinski definition) is 1. The molecule has 5 nitrogen and oxygen atoms in total. The van der Waals surface area contributed by atoms with Crippen LogP contribution in [-0.2, 0) is 11.2 Å². The Hall–Kier alpha value is -2.73. The van der Waals surface area contributed by atoms with Crippen LogP contribution in [0.4, 0.5) is 4.39 Å². The molecule has 0 spiro atoms. The van der Waals surface area contributed by atoms with Gasteiger partial charge in [-0.1, -0.05) is 23.7 Å². The zero-order valence-electron chi connectivity index (χ0n) is 13.1. The van der Waals surface area contributed by atoms with Crippen LogP contribution in [0.2, 0.25) is 5.02 Å². The minimum atomic E-state index is -0.429. The van der Waals surface area contributed by atoms with E-state index < -0.39 is 17.6 Å². The Kier molecular flexibility index (Phi) is 4.81. The van der Waals surface area contributed by atoms with Crippen molar-refractivity contribution in [3.8, 4) is 0 Å². The average molecular weight is 361 g/mol. The van der Waals surface area contributed by atoms with E-state index in [9.17, 15) is 18.8 Å². The summed E-state index contributed by atoms with van der Waals surface area (Å²) >= 11 is 5.85. The van der Waals surface area contributed by atoms with Gasteiger partial charge in [-0.25, -0.2) is 4.39 Å². The molecule has 0 fully saturated rings. The molecule has 3 amide bonds. The Morgan fingerprint density at radius 1 is 1.08 bits per heavy atom. The Labute approximate surface area is 148 Å². The molecule has 0 aliphatic carbocycles. The third-order valence-corrected chi connectivity index (χ3v) is 4.08. The van der Waals surface area contributed by atoms with Crippen molar-refractivity contribution in [3.05, 3.63) is 70.0 Å². The fourth-order valence-corrected chi connectivity index (χ4v) is 2.84. The number of amides is 3. The highest BCUT2D eigenvalue weighted by Gasteiger charge is 2.35. The van der Waals surface area contributed by atoms with Crippen molar-refractivity contribution in [2.75, 3.05) is 13.1 Å². The summed E-state index contributed by atoms with van der Waals surface area (Å²) in [5, 5.41) is 3.00. The molecule has 1 aliphatic rings. The fraction of sp³-hybridized carbons (Fsp3) is 0.167. The van der Waals surface area contributed by atoms with E-state index in [-0.39, 0.29) is 31.0 Å². The highest BCUT2D eigenvalue weighted by Crippen LogP contribution is 2.25. The molecular weight excluding hydrogens is 347 g/mol. The van der Waals surface area contributed by atoms with Crippen LogP contribution in [0.5, 0.6) is 0 Å². The van der Waals surface area contributed by atoms with Crippen molar-refractivity contribution in [2.45, 2.75) is 6.42 Å². The van der Waals surface area contributed by atoms with Crippen LogP contribution >= 0.6 is 11.6 Å². The first kappa shape index (κ1) is 17.1. The minimum Gasteiger partial charge on any atom is -0.354 e. The van der Waals surface area contributed by atoms with Gasteiger partial charge in [0.25, 0.3) is 11.8 Å². The number of rotatable bonds is 5. The number of benzene rings is 2. The molecule has 1 N–H and O–H groups in total. The maximum absolute atomic E-state index is 13.1. The summed E-state index contributed by atoms with van der Waals surface area (Å²) in [6, 6.07) is 10.3. The number of nitrogens with one attached hydrogen (secondary N) is 1. The standard InChI is InChI=1S/C18H14ClFN2O3/c19-12-4-5-14-15(10-12)18(25)22(17(14)24)7-6-21-16(23)9-11-2-1-3-13(20)8-11/h1-5,8,10H,6-7,9H2,(H,21,23). The predicted octanol–water partition coefficient (Wildman–Crippen LogP) is 2.43. The lowest BCUT2D eigenvalue weighted by molar-refractivity contribution is -0.120. The zero-order valence-corrected chi connectivity index (χ0v) is 13.8. The molecule has 2 aromatic carbocycles. The predicted molar refractivity (Wildman–Crippen MR) is 89.9 cm³/mol. The quantitative estimate of drug-likeness (QED) is 0.833. The van der Waals surface area contributed by atoms with Gasteiger partial charge >= 0.3 is 0 Å². The van der Waals surface area contributed by atoms with E-state index in [4.69, 9.17) is 11.6 Å². The summed E-state index contributed by atoms with van der Waals surface area (Å²) in [4.78, 5) is 37.4. The summed E-state index contributed by atoms with van der Waals surface area (Å²) in [6.45, 7) is 0.173. The van der Waals surface area contributed by atoms with Crippen molar-refractivity contribution >= 4 is 29.3 Å². The van der Waals surface area contributed by atoms with E-state index in [1.165, 1.54) is 30.3 Å². The van der Waals surface area contributed by atoms with Crippen LogP contribution < -0.4 is 5.32 Å². The van der Waals surface area contributed by atoms with Crippen molar-refractivity contribution in [2.24, 2.45) is 0 Å². The number of carbonyl (C=O) groups is 3. The second kappa shape index (κ2) is 7.03. The Morgan fingerprint density at radius 2 is 1.84 bits per heavy atom. The van der Waals surface area contributed by atoms with Gasteiger partial charge in [0.2, 0.25) is 5.91 Å². The lowest BCUT2D eigenvalue weighted by atomic mass is 10.1. The molecule has 128 valence electrons.